The molecule has 1 fully saturated rings. The van der Waals surface area contributed by atoms with E-state index >= 15 is 0 Å². The van der Waals surface area contributed by atoms with Crippen LogP contribution >= 0.6 is 11.8 Å². The van der Waals surface area contributed by atoms with Gasteiger partial charge in [0.25, 0.3) is 0 Å². The van der Waals surface area contributed by atoms with Gasteiger partial charge in [0.2, 0.25) is 5.72 Å². The van der Waals surface area contributed by atoms with Gasteiger partial charge in [-0.1, -0.05) is 95.7 Å². The summed E-state index contributed by atoms with van der Waals surface area (Å²) in [6, 6.07) is 28.3. The third kappa shape index (κ3) is 6.42. The van der Waals surface area contributed by atoms with E-state index in [-0.39, 0.29) is 13.2 Å². The van der Waals surface area contributed by atoms with E-state index in [0.29, 0.717) is 6.61 Å². The van der Waals surface area contributed by atoms with Crippen LogP contribution in [0.4, 0.5) is 0 Å². The van der Waals surface area contributed by atoms with Crippen molar-refractivity contribution >= 4 is 11.8 Å². The number of hydrogen-bond acceptors (Lipinski definition) is 7. The molecule has 1 aliphatic heterocycles. The highest BCUT2D eigenvalue weighted by Gasteiger charge is 2.56. The molecule has 5 atom stereocenters. The molecular formula is C26H27N3O5S. The summed E-state index contributed by atoms with van der Waals surface area (Å²) in [5.41, 5.74) is 7.88. The molecule has 1 heterocycles. The number of aliphatic hydroxyl groups is 2. The van der Waals surface area contributed by atoms with Crippen molar-refractivity contribution in [2.75, 3.05) is 6.61 Å². The summed E-state index contributed by atoms with van der Waals surface area (Å²) < 4.78 is 17.9. The molecule has 1 aliphatic rings. The molecule has 4 rings (SSSR count). The summed E-state index contributed by atoms with van der Waals surface area (Å²) in [6.45, 7) is 0.492. The Balaban J connectivity index is 1.56. The molecule has 0 spiro atoms. The molecule has 2 N–H and O–H groups in total. The van der Waals surface area contributed by atoms with Crippen LogP contribution in [0.15, 0.2) is 101 Å². The van der Waals surface area contributed by atoms with Gasteiger partial charge in [-0.3, -0.25) is 0 Å². The summed E-state index contributed by atoms with van der Waals surface area (Å²) in [5.74, 6) is 0. The minimum absolute atomic E-state index is 0.0550. The van der Waals surface area contributed by atoms with Crippen molar-refractivity contribution in [2.24, 2.45) is 5.11 Å². The van der Waals surface area contributed by atoms with Gasteiger partial charge in [-0.15, -0.1) is 0 Å². The van der Waals surface area contributed by atoms with Crippen LogP contribution in [-0.4, -0.2) is 46.3 Å². The lowest BCUT2D eigenvalue weighted by Gasteiger charge is -2.47. The largest absolute Gasteiger partial charge is 0.387 e. The lowest BCUT2D eigenvalue weighted by atomic mass is 9.95. The van der Waals surface area contributed by atoms with Gasteiger partial charge in [0, 0.05) is 9.81 Å². The first-order valence-corrected chi connectivity index (χ1v) is 12.1. The van der Waals surface area contributed by atoms with Gasteiger partial charge in [0.05, 0.1) is 19.8 Å². The second-order valence-corrected chi connectivity index (χ2v) is 9.25. The molecule has 182 valence electrons. The zero-order chi connectivity index (χ0) is 24.5. The Labute approximate surface area is 208 Å². The van der Waals surface area contributed by atoms with Crippen LogP contribution in [0.3, 0.4) is 0 Å². The molecular weight excluding hydrogens is 466 g/mol. The van der Waals surface area contributed by atoms with Crippen LogP contribution in [0.2, 0.25) is 0 Å². The van der Waals surface area contributed by atoms with E-state index in [9.17, 15) is 15.7 Å². The molecule has 0 radical (unpaired) electrons. The minimum Gasteiger partial charge on any atom is -0.387 e. The highest BCUT2D eigenvalue weighted by atomic mass is 32.2. The molecule has 0 bridgehead atoms. The normalized spacial score (nSPS) is 26.1. The molecule has 0 saturated carbocycles. The van der Waals surface area contributed by atoms with E-state index < -0.39 is 29.5 Å². The summed E-state index contributed by atoms with van der Waals surface area (Å²) in [6.07, 6.45) is -3.38. The summed E-state index contributed by atoms with van der Waals surface area (Å²) in [5, 5.41) is 26.4. The summed E-state index contributed by atoms with van der Waals surface area (Å²) in [7, 11) is 0. The third-order valence-corrected chi connectivity index (χ3v) is 6.83. The van der Waals surface area contributed by atoms with E-state index in [1.807, 2.05) is 91.0 Å². The molecule has 8 nitrogen and oxygen atoms in total. The van der Waals surface area contributed by atoms with Gasteiger partial charge in [-0.05, 0) is 28.8 Å². The van der Waals surface area contributed by atoms with Crippen molar-refractivity contribution in [3.8, 4) is 0 Å². The zero-order valence-electron chi connectivity index (χ0n) is 19.0. The second kappa shape index (κ2) is 12.2. The Hall–Kier alpha value is -2.88. The standard InChI is InChI=1S/C26H27N3O5S/c27-29-28-26(31)24(33-17-20-12-6-2-7-13-20)23(30)22(18-32-16-19-10-4-1-5-11-19)34-25(26)35-21-14-8-3-9-15-21/h1-15,22-25,30-31H,16-18H2/t22-,23-,24+,25+,26-/m1/s1. The fraction of sp³-hybridized carbons (Fsp3) is 0.308. The summed E-state index contributed by atoms with van der Waals surface area (Å²) >= 11 is 1.19. The molecule has 1 saturated heterocycles. The number of thioether (sulfide) groups is 1. The molecule has 0 unspecified atom stereocenters. The molecule has 0 aliphatic carbocycles. The number of rotatable bonds is 10. The van der Waals surface area contributed by atoms with Crippen molar-refractivity contribution in [1.29, 1.82) is 0 Å². The first kappa shape index (κ1) is 25.2. The van der Waals surface area contributed by atoms with E-state index in [1.54, 1.807) is 0 Å². The van der Waals surface area contributed by atoms with Crippen LogP contribution in [0, 0.1) is 0 Å². The van der Waals surface area contributed by atoms with Crippen molar-refractivity contribution in [1.82, 2.24) is 0 Å². The third-order valence-electron chi connectivity index (χ3n) is 5.61. The Morgan fingerprint density at radius 2 is 1.49 bits per heavy atom. The van der Waals surface area contributed by atoms with Gasteiger partial charge in [-0.25, -0.2) is 0 Å². The quantitative estimate of drug-likeness (QED) is 0.241. The average molecular weight is 494 g/mol. The first-order valence-electron chi connectivity index (χ1n) is 11.2. The van der Waals surface area contributed by atoms with Gasteiger partial charge in [-0.2, -0.15) is 0 Å². The fourth-order valence-corrected chi connectivity index (χ4v) is 4.93. The van der Waals surface area contributed by atoms with Crippen LogP contribution in [0.1, 0.15) is 11.1 Å². The lowest BCUT2D eigenvalue weighted by Crippen LogP contribution is -2.65. The average Bonchev–Trinajstić information content (AvgIpc) is 2.89. The van der Waals surface area contributed by atoms with Crippen molar-refractivity contribution in [3.63, 3.8) is 0 Å². The Morgan fingerprint density at radius 3 is 2.09 bits per heavy atom. The monoisotopic (exact) mass is 493 g/mol. The number of ether oxygens (including phenoxy) is 3. The Bertz CT molecular complexity index is 1100. The van der Waals surface area contributed by atoms with E-state index in [0.717, 1.165) is 16.0 Å². The molecule has 0 amide bonds. The highest BCUT2D eigenvalue weighted by molar-refractivity contribution is 7.99. The van der Waals surface area contributed by atoms with E-state index in [1.165, 1.54) is 11.8 Å². The number of hydrogen-bond donors (Lipinski definition) is 2. The predicted octanol–water partition coefficient (Wildman–Crippen LogP) is 4.67. The van der Waals surface area contributed by atoms with E-state index in [4.69, 9.17) is 14.2 Å². The molecule has 3 aromatic carbocycles. The summed E-state index contributed by atoms with van der Waals surface area (Å²) in [4.78, 5) is 3.65. The second-order valence-electron chi connectivity index (χ2n) is 8.12. The maximum Gasteiger partial charge on any atom is 0.208 e. The van der Waals surface area contributed by atoms with Gasteiger partial charge in [0.15, 0.2) is 0 Å². The Morgan fingerprint density at radius 1 is 0.914 bits per heavy atom. The SMILES string of the molecule is [N-]=[N+]=N[C@]1(O)[C@H](Sc2ccccc2)O[C@H](COCc2ccccc2)[C@@H](O)[C@@H]1OCc1ccccc1. The molecule has 35 heavy (non-hydrogen) atoms. The van der Waals surface area contributed by atoms with Crippen molar-refractivity contribution in [3.05, 3.63) is 113 Å². The van der Waals surface area contributed by atoms with Gasteiger partial charge >= 0.3 is 0 Å². The number of nitrogens with zero attached hydrogens (tertiary/aromatic N) is 3. The topological polar surface area (TPSA) is 117 Å². The molecule has 0 aromatic heterocycles. The molecule has 3 aromatic rings. The van der Waals surface area contributed by atoms with Crippen LogP contribution in [-0.2, 0) is 27.4 Å². The fourth-order valence-electron chi connectivity index (χ4n) is 3.82. The Kier molecular flexibility index (Phi) is 8.79. The highest BCUT2D eigenvalue weighted by Crippen LogP contribution is 2.42. The van der Waals surface area contributed by atoms with Crippen LogP contribution in [0.25, 0.3) is 10.4 Å². The lowest BCUT2D eigenvalue weighted by molar-refractivity contribution is -0.266. The van der Waals surface area contributed by atoms with Crippen molar-refractivity contribution in [2.45, 2.75) is 47.6 Å². The van der Waals surface area contributed by atoms with Gasteiger partial charge in [0.1, 0.15) is 23.7 Å². The first-order chi connectivity index (χ1) is 17.1. The predicted molar refractivity (Wildman–Crippen MR) is 132 cm³/mol. The minimum atomic E-state index is -2.17. The number of azide groups is 1. The maximum absolute atomic E-state index is 11.5. The zero-order valence-corrected chi connectivity index (χ0v) is 19.8. The number of aliphatic hydroxyl groups excluding tert-OH is 1. The number of benzene rings is 3. The van der Waals surface area contributed by atoms with Crippen LogP contribution < -0.4 is 0 Å². The smallest absolute Gasteiger partial charge is 0.208 e. The van der Waals surface area contributed by atoms with Crippen LogP contribution in [0.5, 0.6) is 0 Å². The molecule has 9 heteroatoms. The van der Waals surface area contributed by atoms with Crippen molar-refractivity contribution < 1.29 is 24.4 Å². The van der Waals surface area contributed by atoms with E-state index in [2.05, 4.69) is 10.0 Å². The maximum atomic E-state index is 11.5. The van der Waals surface area contributed by atoms with Gasteiger partial charge < -0.3 is 24.4 Å².